The van der Waals surface area contributed by atoms with Gasteiger partial charge in [-0.15, -0.1) is 11.3 Å². The van der Waals surface area contributed by atoms with Crippen LogP contribution < -0.4 is 21.4 Å². The Balaban J connectivity index is 0.00000133. The molecular weight excluding hydrogens is 450 g/mol. The van der Waals surface area contributed by atoms with Crippen LogP contribution in [0.3, 0.4) is 0 Å². The number of carbonyl (C=O) groups excluding carboxylic acids is 1. The Kier molecular flexibility index (Phi) is 7.27. The molecule has 0 spiro atoms. The number of nitrogens with zero attached hydrogens (tertiary/aromatic N) is 2. The van der Waals surface area contributed by atoms with Crippen molar-refractivity contribution in [2.45, 2.75) is 0 Å². The number of nitrogens with one attached hydrogen (secondary N) is 2. The number of aldehydes is 1. The van der Waals surface area contributed by atoms with Crippen molar-refractivity contribution in [3.05, 3.63) is 81.1 Å². The Bertz CT molecular complexity index is 1390. The molecule has 1 aliphatic heterocycles. The Morgan fingerprint density at radius 3 is 2.74 bits per heavy atom. The van der Waals surface area contributed by atoms with Gasteiger partial charge in [0.15, 0.2) is 17.8 Å². The number of hydrogen-bond acceptors (Lipinski definition) is 9. The molecule has 8 nitrogen and oxygen atoms in total. The number of carbonyl (C=O) groups is 1. The Morgan fingerprint density at radius 2 is 1.97 bits per heavy atom. The van der Waals surface area contributed by atoms with Gasteiger partial charge in [0.2, 0.25) is 5.43 Å². The summed E-state index contributed by atoms with van der Waals surface area (Å²) in [6.45, 7) is 3.24. The minimum atomic E-state index is -0.0574. The van der Waals surface area contributed by atoms with Crippen LogP contribution in [-0.4, -0.2) is 50.2 Å². The van der Waals surface area contributed by atoms with Crippen LogP contribution in [0, 0.1) is 5.41 Å². The monoisotopic (exact) mass is 475 g/mol. The molecule has 3 aromatic heterocycles. The summed E-state index contributed by atoms with van der Waals surface area (Å²) in [4.78, 5) is 30.6. The van der Waals surface area contributed by atoms with E-state index in [9.17, 15) is 9.59 Å². The smallest absolute Gasteiger partial charge is 0.204 e. The first-order valence-electron chi connectivity index (χ1n) is 10.8. The molecule has 1 saturated heterocycles. The average Bonchev–Trinajstić information content (AvgIpc) is 3.35. The van der Waals surface area contributed by atoms with E-state index in [2.05, 4.69) is 20.9 Å². The van der Waals surface area contributed by atoms with Crippen molar-refractivity contribution in [3.8, 4) is 11.1 Å². The van der Waals surface area contributed by atoms with E-state index in [0.29, 0.717) is 33.0 Å². The molecule has 4 aromatic rings. The third-order valence-corrected chi connectivity index (χ3v) is 6.52. The summed E-state index contributed by atoms with van der Waals surface area (Å²) in [5.74, 6) is 0.575. The number of thiophene rings is 1. The van der Waals surface area contributed by atoms with E-state index in [0.717, 1.165) is 43.6 Å². The van der Waals surface area contributed by atoms with E-state index in [1.54, 1.807) is 42.6 Å². The van der Waals surface area contributed by atoms with Crippen LogP contribution in [0.25, 0.3) is 21.4 Å². The molecule has 9 heteroatoms. The lowest BCUT2D eigenvalue weighted by Crippen LogP contribution is -2.43. The van der Waals surface area contributed by atoms with Crippen LogP contribution in [0.1, 0.15) is 21.6 Å². The zero-order valence-electron chi connectivity index (χ0n) is 18.7. The summed E-state index contributed by atoms with van der Waals surface area (Å²) < 4.78 is 6.79. The minimum absolute atomic E-state index is 0.0574. The number of hydrogen-bond donors (Lipinski definition) is 3. The SMILES string of the molecule is CN.N=C(c1cc(-c2csc3c(=O)cc(N4CCNCC4)oc23)ccn1)c1ccccc1C=O. The molecule has 0 saturated carbocycles. The van der Waals surface area contributed by atoms with Crippen molar-refractivity contribution >= 4 is 39.5 Å². The van der Waals surface area contributed by atoms with Crippen molar-refractivity contribution in [2.75, 3.05) is 38.1 Å². The summed E-state index contributed by atoms with van der Waals surface area (Å²) in [6.07, 6.45) is 2.37. The second-order valence-electron chi connectivity index (χ2n) is 7.50. The second kappa shape index (κ2) is 10.5. The molecule has 4 N–H and O–H groups in total. The highest BCUT2D eigenvalue weighted by molar-refractivity contribution is 7.17. The number of benzene rings is 1. The molecule has 1 aromatic carbocycles. The summed E-state index contributed by atoms with van der Waals surface area (Å²) >= 11 is 1.35. The lowest BCUT2D eigenvalue weighted by atomic mass is 9.99. The van der Waals surface area contributed by atoms with E-state index in [1.165, 1.54) is 18.4 Å². The van der Waals surface area contributed by atoms with Gasteiger partial charge >= 0.3 is 0 Å². The van der Waals surface area contributed by atoms with Gasteiger partial charge in [0, 0.05) is 60.5 Å². The molecule has 0 radical (unpaired) electrons. The maximum absolute atomic E-state index is 12.7. The first kappa shape index (κ1) is 23.5. The number of anilines is 1. The van der Waals surface area contributed by atoms with Gasteiger partial charge in [0.25, 0.3) is 0 Å². The van der Waals surface area contributed by atoms with Gasteiger partial charge in [0.05, 0.1) is 11.4 Å². The van der Waals surface area contributed by atoms with E-state index >= 15 is 0 Å². The number of pyridine rings is 1. The second-order valence-corrected chi connectivity index (χ2v) is 8.38. The highest BCUT2D eigenvalue weighted by atomic mass is 32.1. The lowest BCUT2D eigenvalue weighted by molar-refractivity contribution is 0.112. The molecule has 0 unspecified atom stereocenters. The van der Waals surface area contributed by atoms with Gasteiger partial charge in [-0.3, -0.25) is 20.0 Å². The summed E-state index contributed by atoms with van der Waals surface area (Å²) in [5, 5.41) is 13.8. The van der Waals surface area contributed by atoms with Gasteiger partial charge in [0.1, 0.15) is 4.70 Å². The van der Waals surface area contributed by atoms with E-state index in [-0.39, 0.29) is 11.1 Å². The molecule has 0 aliphatic carbocycles. The Morgan fingerprint density at radius 1 is 1.21 bits per heavy atom. The zero-order chi connectivity index (χ0) is 24.1. The standard InChI is InChI=1S/C24H20N4O3S.CH5N/c25-22(17-4-2-1-3-16(17)13-29)19-11-15(5-6-27-19)18-14-32-24-20(30)12-21(31-23(18)24)28-9-7-26-8-10-28;1-2/h1-6,11-14,25-26H,7-10H2;2H2,1H3. The highest BCUT2D eigenvalue weighted by Gasteiger charge is 2.19. The summed E-state index contributed by atoms with van der Waals surface area (Å²) in [7, 11) is 1.50. The molecule has 1 fully saturated rings. The fourth-order valence-corrected chi connectivity index (χ4v) is 4.78. The molecule has 34 heavy (non-hydrogen) atoms. The van der Waals surface area contributed by atoms with Crippen molar-refractivity contribution in [3.63, 3.8) is 0 Å². The fourth-order valence-electron chi connectivity index (χ4n) is 3.87. The van der Waals surface area contributed by atoms with Crippen LogP contribution in [0.15, 0.2) is 63.3 Å². The molecule has 0 bridgehead atoms. The van der Waals surface area contributed by atoms with Crippen LogP contribution in [-0.2, 0) is 0 Å². The first-order chi connectivity index (χ1) is 16.7. The lowest BCUT2D eigenvalue weighted by Gasteiger charge is -2.27. The van der Waals surface area contributed by atoms with Gasteiger partial charge in [-0.2, -0.15) is 0 Å². The van der Waals surface area contributed by atoms with Crippen LogP contribution >= 0.6 is 11.3 Å². The number of piperazine rings is 1. The van der Waals surface area contributed by atoms with Crippen molar-refractivity contribution in [2.24, 2.45) is 5.73 Å². The zero-order valence-corrected chi connectivity index (χ0v) is 19.5. The normalized spacial score (nSPS) is 13.3. The largest absolute Gasteiger partial charge is 0.439 e. The average molecular weight is 476 g/mol. The van der Waals surface area contributed by atoms with Gasteiger partial charge in [-0.25, -0.2) is 0 Å². The molecule has 4 heterocycles. The van der Waals surface area contributed by atoms with Gasteiger partial charge in [-0.05, 0) is 24.7 Å². The number of fused-ring (bicyclic) bond motifs is 1. The van der Waals surface area contributed by atoms with E-state index in [4.69, 9.17) is 9.83 Å². The minimum Gasteiger partial charge on any atom is -0.439 e. The molecule has 174 valence electrons. The molecule has 5 rings (SSSR count). The number of nitrogens with two attached hydrogens (primary N) is 1. The third kappa shape index (κ3) is 4.54. The van der Waals surface area contributed by atoms with E-state index < -0.39 is 0 Å². The Labute approximate surface area is 200 Å². The topological polar surface area (TPSA) is 125 Å². The maximum atomic E-state index is 12.7. The molecular formula is C25H25N5O3S. The molecule has 0 amide bonds. The predicted octanol–water partition coefficient (Wildman–Crippen LogP) is 3.13. The third-order valence-electron chi connectivity index (χ3n) is 5.54. The van der Waals surface area contributed by atoms with E-state index in [1.807, 2.05) is 11.4 Å². The molecule has 0 atom stereocenters. The quantitative estimate of drug-likeness (QED) is 0.299. The maximum Gasteiger partial charge on any atom is 0.204 e. The van der Waals surface area contributed by atoms with Crippen LogP contribution in [0.5, 0.6) is 0 Å². The van der Waals surface area contributed by atoms with Crippen molar-refractivity contribution in [1.82, 2.24) is 10.3 Å². The van der Waals surface area contributed by atoms with Crippen LogP contribution in [0.4, 0.5) is 5.88 Å². The van der Waals surface area contributed by atoms with Crippen molar-refractivity contribution < 1.29 is 9.21 Å². The summed E-state index contributed by atoms with van der Waals surface area (Å²) in [5.41, 5.74) is 8.15. The number of aromatic nitrogens is 1. The van der Waals surface area contributed by atoms with Crippen LogP contribution in [0.2, 0.25) is 0 Å². The molecule has 1 aliphatic rings. The van der Waals surface area contributed by atoms with Gasteiger partial charge < -0.3 is 20.4 Å². The van der Waals surface area contributed by atoms with Gasteiger partial charge in [-0.1, -0.05) is 24.3 Å². The predicted molar refractivity (Wildman–Crippen MR) is 137 cm³/mol. The number of rotatable bonds is 5. The Hall–Kier alpha value is -3.66. The summed E-state index contributed by atoms with van der Waals surface area (Å²) in [6, 6.07) is 12.2. The highest BCUT2D eigenvalue weighted by Crippen LogP contribution is 2.34. The first-order valence-corrected chi connectivity index (χ1v) is 11.7. The van der Waals surface area contributed by atoms with Crippen molar-refractivity contribution in [1.29, 1.82) is 5.41 Å². The fraction of sp³-hybridized carbons (Fsp3) is 0.200.